The van der Waals surface area contributed by atoms with Gasteiger partial charge in [-0.2, -0.15) is 0 Å². The van der Waals surface area contributed by atoms with Crippen LogP contribution in [0.2, 0.25) is 0 Å². The fourth-order valence-corrected chi connectivity index (χ4v) is 0. The molecule has 0 rings (SSSR count). The largest absolute Gasteiger partial charge is 0.0558 e. The molecule has 76 valence electrons. The summed E-state index contributed by atoms with van der Waals surface area (Å²) in [5, 5.41) is 0. The molecule has 0 unspecified atom stereocenters. The van der Waals surface area contributed by atoms with Crippen LogP contribution in [-0.2, 0) is 0 Å². The topological polar surface area (TPSA) is 0 Å². The first kappa shape index (κ1) is 15.3. The van der Waals surface area contributed by atoms with Crippen LogP contribution in [0.4, 0.5) is 0 Å². The maximum absolute atomic E-state index is 2.35. The summed E-state index contributed by atoms with van der Waals surface area (Å²) < 4.78 is 0. The van der Waals surface area contributed by atoms with Gasteiger partial charge in [0, 0.05) is 54.5 Å². The van der Waals surface area contributed by atoms with E-state index >= 15 is 0 Å². The molecule has 0 aromatic rings. The van der Waals surface area contributed by atoms with Gasteiger partial charge in [-0.3, -0.25) is 0 Å². The fraction of sp³-hybridized carbons (Fsp3) is 1.00. The zero-order valence-electron chi connectivity index (χ0n) is 10.3. The Morgan fingerprint density at radius 1 is 0.583 bits per heavy atom. The van der Waals surface area contributed by atoms with E-state index in [9.17, 15) is 0 Å². The van der Waals surface area contributed by atoms with Gasteiger partial charge in [0.25, 0.3) is 0 Å². The quantitative estimate of drug-likeness (QED) is 0.608. The summed E-state index contributed by atoms with van der Waals surface area (Å²) in [5.74, 6) is 0. The second kappa shape index (κ2) is 6.33. The van der Waals surface area contributed by atoms with Gasteiger partial charge in [-0.05, 0) is 13.8 Å². The first-order chi connectivity index (χ1) is 5.12. The van der Waals surface area contributed by atoms with E-state index < -0.39 is 14.5 Å². The summed E-state index contributed by atoms with van der Waals surface area (Å²) in [6.07, 6.45) is 2.76. The molecule has 0 radical (unpaired) electrons. The zero-order valence-corrected chi connectivity index (χ0v) is 12.1. The van der Waals surface area contributed by atoms with Crippen LogP contribution in [0.25, 0.3) is 0 Å². The first-order valence-corrected chi connectivity index (χ1v) is 11.4. The molecule has 0 saturated carbocycles. The predicted molar refractivity (Wildman–Crippen MR) is 70.5 cm³/mol. The minimum absolute atomic E-state index is 0.397. The molecule has 0 N–H and O–H groups in total. The second-order valence-corrected chi connectivity index (χ2v) is 15.6. The van der Waals surface area contributed by atoms with Crippen molar-refractivity contribution in [2.24, 2.45) is 0 Å². The third kappa shape index (κ3) is 22.4. The highest BCUT2D eigenvalue weighted by atomic mass is 31.2. The van der Waals surface area contributed by atoms with E-state index in [1.165, 1.54) is 12.3 Å². The lowest BCUT2D eigenvalue weighted by molar-refractivity contribution is 1.47. The van der Waals surface area contributed by atoms with E-state index in [2.05, 4.69) is 53.8 Å². The Labute approximate surface area is 81.2 Å². The van der Waals surface area contributed by atoms with Crippen LogP contribution in [-0.4, -0.2) is 52.3 Å². The van der Waals surface area contributed by atoms with Gasteiger partial charge in [-0.25, -0.2) is 0 Å². The van der Waals surface area contributed by atoms with Gasteiger partial charge < -0.3 is 0 Å². The van der Waals surface area contributed by atoms with Crippen molar-refractivity contribution in [1.29, 1.82) is 0 Å². The Balaban J connectivity index is 0. The molecule has 0 nitrogen and oxygen atoms in total. The molecule has 0 aromatic carbocycles. The van der Waals surface area contributed by atoms with Gasteiger partial charge in [-0.15, -0.1) is 0 Å². The lowest BCUT2D eigenvalue weighted by Gasteiger charge is -2.05. The normalized spacial score (nSPS) is 12.0. The molecule has 0 saturated heterocycles. The van der Waals surface area contributed by atoms with E-state index in [-0.39, 0.29) is 0 Å². The molecule has 0 spiro atoms. The van der Waals surface area contributed by atoms with Gasteiger partial charge in [0.05, 0.1) is 12.3 Å². The SMILES string of the molecule is CC[P+](C)(C)C.CC[P+](C)(C)C. The smallest absolute Gasteiger partial charge is 0.0312 e. The molecule has 2 heteroatoms. The lowest BCUT2D eigenvalue weighted by Crippen LogP contribution is -1.84. The molecule has 0 amide bonds. The maximum atomic E-state index is 2.35. The van der Waals surface area contributed by atoms with Crippen LogP contribution >= 0.6 is 14.5 Å². The van der Waals surface area contributed by atoms with Crippen LogP contribution in [0.5, 0.6) is 0 Å². The number of hydrogen-bond acceptors (Lipinski definition) is 0. The van der Waals surface area contributed by atoms with E-state index in [1.54, 1.807) is 0 Å². The van der Waals surface area contributed by atoms with Crippen molar-refractivity contribution in [3.05, 3.63) is 0 Å². The summed E-state index contributed by atoms with van der Waals surface area (Å²) >= 11 is 0. The molecule has 12 heavy (non-hydrogen) atoms. The van der Waals surface area contributed by atoms with Crippen molar-refractivity contribution in [2.45, 2.75) is 13.8 Å². The molecule has 0 fully saturated rings. The molecule has 0 heterocycles. The van der Waals surface area contributed by atoms with Crippen molar-refractivity contribution in [3.63, 3.8) is 0 Å². The molecule has 0 aliphatic heterocycles. The maximum Gasteiger partial charge on any atom is 0.0558 e. The van der Waals surface area contributed by atoms with E-state index in [0.717, 1.165) is 0 Å². The summed E-state index contributed by atoms with van der Waals surface area (Å²) in [7, 11) is -0.793. The second-order valence-electron chi connectivity index (χ2n) is 5.21. The average molecular weight is 210 g/mol. The highest BCUT2D eigenvalue weighted by Crippen LogP contribution is 2.45. The fourth-order valence-electron chi connectivity index (χ4n) is 0. The van der Waals surface area contributed by atoms with Gasteiger partial charge in [0.2, 0.25) is 0 Å². The molecule has 0 aliphatic carbocycles. The van der Waals surface area contributed by atoms with Crippen LogP contribution in [0.15, 0.2) is 0 Å². The van der Waals surface area contributed by atoms with Crippen molar-refractivity contribution in [3.8, 4) is 0 Å². The highest BCUT2D eigenvalue weighted by Gasteiger charge is 2.11. The summed E-state index contributed by atoms with van der Waals surface area (Å²) in [6, 6.07) is 0. The van der Waals surface area contributed by atoms with Gasteiger partial charge in [0.15, 0.2) is 0 Å². The Morgan fingerprint density at radius 2 is 0.667 bits per heavy atom. The van der Waals surface area contributed by atoms with Crippen molar-refractivity contribution >= 4 is 14.5 Å². The summed E-state index contributed by atoms with van der Waals surface area (Å²) in [6.45, 7) is 18.6. The Bertz CT molecular complexity index is 81.4. The summed E-state index contributed by atoms with van der Waals surface area (Å²) in [4.78, 5) is 0. The summed E-state index contributed by atoms with van der Waals surface area (Å²) in [5.41, 5.74) is 0. The molecular formula is C10H28P2+2. The minimum atomic E-state index is -0.397. The highest BCUT2D eigenvalue weighted by molar-refractivity contribution is 7.73. The number of rotatable bonds is 2. The van der Waals surface area contributed by atoms with E-state index in [4.69, 9.17) is 0 Å². The molecule has 0 aliphatic rings. The van der Waals surface area contributed by atoms with Gasteiger partial charge >= 0.3 is 0 Å². The monoisotopic (exact) mass is 210 g/mol. The molecule has 0 atom stereocenters. The van der Waals surface area contributed by atoms with Crippen LogP contribution < -0.4 is 0 Å². The Kier molecular flexibility index (Phi) is 8.10. The van der Waals surface area contributed by atoms with Gasteiger partial charge in [-0.1, -0.05) is 0 Å². The first-order valence-electron chi connectivity index (χ1n) is 4.73. The standard InChI is InChI=1S/2C5H14P/c2*1-5-6(2,3)4/h2*5H2,1-4H3/q2*+1. The van der Waals surface area contributed by atoms with Crippen molar-refractivity contribution in [1.82, 2.24) is 0 Å². The zero-order chi connectivity index (χ0) is 10.4. The molecular weight excluding hydrogens is 182 g/mol. The Hall–Kier alpha value is 0.860. The average Bonchev–Trinajstić information content (AvgIpc) is 1.86. The number of hydrogen-bond donors (Lipinski definition) is 0. The van der Waals surface area contributed by atoms with Crippen LogP contribution in [0.1, 0.15) is 13.8 Å². The molecule has 0 aromatic heterocycles. The lowest BCUT2D eigenvalue weighted by atomic mass is 11.0. The minimum Gasteiger partial charge on any atom is -0.0312 e. The van der Waals surface area contributed by atoms with Crippen molar-refractivity contribution in [2.75, 3.05) is 52.3 Å². The predicted octanol–water partition coefficient (Wildman–Crippen LogP) is 3.83. The van der Waals surface area contributed by atoms with Crippen molar-refractivity contribution < 1.29 is 0 Å². The van der Waals surface area contributed by atoms with Crippen LogP contribution in [0.3, 0.4) is 0 Å². The molecule has 0 bridgehead atoms. The third-order valence-corrected chi connectivity index (χ3v) is 5.69. The Morgan fingerprint density at radius 3 is 0.667 bits per heavy atom. The van der Waals surface area contributed by atoms with E-state index in [0.29, 0.717) is 0 Å². The van der Waals surface area contributed by atoms with Gasteiger partial charge in [0.1, 0.15) is 0 Å². The van der Waals surface area contributed by atoms with E-state index in [1.807, 2.05) is 0 Å². The third-order valence-electron chi connectivity index (χ3n) is 1.90. The van der Waals surface area contributed by atoms with Crippen LogP contribution in [0, 0.1) is 0 Å².